The van der Waals surface area contributed by atoms with Crippen LogP contribution in [0.2, 0.25) is 0 Å². The van der Waals surface area contributed by atoms with Crippen LogP contribution in [0.25, 0.3) is 11.3 Å². The van der Waals surface area contributed by atoms with Crippen molar-refractivity contribution in [3.05, 3.63) is 102 Å². The van der Waals surface area contributed by atoms with Gasteiger partial charge in [-0.1, -0.05) is 72.8 Å². The fourth-order valence-corrected chi connectivity index (χ4v) is 4.13. The van der Waals surface area contributed by atoms with Gasteiger partial charge in [0, 0.05) is 30.5 Å². The molecule has 2 atom stereocenters. The van der Waals surface area contributed by atoms with Crippen LogP contribution < -0.4 is 10.6 Å². The van der Waals surface area contributed by atoms with E-state index in [4.69, 9.17) is 4.74 Å². The van der Waals surface area contributed by atoms with Gasteiger partial charge in [-0.2, -0.15) is 5.10 Å². The lowest BCUT2D eigenvalue weighted by molar-refractivity contribution is -0.138. The van der Waals surface area contributed by atoms with Crippen LogP contribution in [-0.2, 0) is 22.6 Å². The number of carbonyl (C=O) groups is 2. The first-order valence-corrected chi connectivity index (χ1v) is 12.6. The maximum Gasteiger partial charge on any atom is 0.412 e. The predicted octanol–water partition coefficient (Wildman–Crippen LogP) is 6.68. The Hall–Kier alpha value is -4.59. The third-order valence-corrected chi connectivity index (χ3v) is 6.38. The molecule has 8 nitrogen and oxygen atoms in total. The molecule has 3 N–H and O–H groups in total. The van der Waals surface area contributed by atoms with Crippen LogP contribution in [-0.4, -0.2) is 26.9 Å². The summed E-state index contributed by atoms with van der Waals surface area (Å²) in [4.78, 5) is 24.1. The van der Waals surface area contributed by atoms with E-state index in [2.05, 4.69) is 15.7 Å². The van der Waals surface area contributed by atoms with Gasteiger partial charge in [-0.05, 0) is 43.5 Å². The Morgan fingerprint density at radius 3 is 2.32 bits per heavy atom. The van der Waals surface area contributed by atoms with Crippen molar-refractivity contribution >= 4 is 23.4 Å². The molecule has 0 saturated heterocycles. The smallest absolute Gasteiger partial charge is 0.412 e. The Morgan fingerprint density at radius 2 is 1.63 bits per heavy atom. The summed E-state index contributed by atoms with van der Waals surface area (Å²) in [7, 11) is 0. The topological polar surface area (TPSA) is 105 Å². The first-order valence-electron chi connectivity index (χ1n) is 12.6. The van der Waals surface area contributed by atoms with Crippen LogP contribution in [0, 0.1) is 0 Å². The lowest BCUT2D eigenvalue weighted by Crippen LogP contribution is -2.16. The summed E-state index contributed by atoms with van der Waals surface area (Å²) in [5.41, 5.74) is 5.54. The second-order valence-electron chi connectivity index (χ2n) is 9.03. The predicted molar refractivity (Wildman–Crippen MR) is 148 cm³/mol. The van der Waals surface area contributed by atoms with Crippen molar-refractivity contribution < 1.29 is 19.4 Å². The number of aliphatic carboxylic acids is 1. The van der Waals surface area contributed by atoms with Crippen LogP contribution in [0.1, 0.15) is 49.5 Å². The van der Waals surface area contributed by atoms with Crippen molar-refractivity contribution in [3.63, 3.8) is 0 Å². The fraction of sp³-hybridized carbons (Fsp3) is 0.233. The quantitative estimate of drug-likeness (QED) is 0.219. The number of nitrogens with zero attached hydrogens (tertiary/aromatic N) is 2. The Bertz CT molecular complexity index is 1380. The number of rotatable bonds is 10. The first-order chi connectivity index (χ1) is 18.4. The normalized spacial score (nSPS) is 12.4. The minimum atomic E-state index is -0.863. The summed E-state index contributed by atoms with van der Waals surface area (Å²) in [6, 6.07) is 24.9. The van der Waals surface area contributed by atoms with E-state index in [1.54, 1.807) is 17.8 Å². The average molecular weight is 513 g/mol. The Labute approximate surface area is 222 Å². The number of para-hydroxylation sites is 1. The minimum absolute atomic E-state index is 0.392. The van der Waals surface area contributed by atoms with Gasteiger partial charge in [-0.15, -0.1) is 0 Å². The third kappa shape index (κ3) is 6.39. The van der Waals surface area contributed by atoms with Crippen LogP contribution in [0.15, 0.2) is 85.1 Å². The molecule has 0 radical (unpaired) electrons. The standard InChI is InChI=1S/C30H32N4O4/c1-4-34-19-27(32-30(37)38-21(3)23-10-6-5-7-11-23)28(33-34)24-16-14-22(15-17-24)18-31-26-13-9-8-12-25(26)20(2)29(35)36/h5-17,19-21,31H,4,18H2,1-3H3,(H,32,37)(H,35,36). The van der Waals surface area contributed by atoms with Gasteiger partial charge < -0.3 is 15.2 Å². The van der Waals surface area contributed by atoms with Gasteiger partial charge in [-0.3, -0.25) is 14.8 Å². The lowest BCUT2D eigenvalue weighted by Gasteiger charge is -2.15. The number of ether oxygens (including phenoxy) is 1. The largest absolute Gasteiger partial charge is 0.481 e. The van der Waals surface area contributed by atoms with Crippen LogP contribution in [0.3, 0.4) is 0 Å². The number of amides is 1. The zero-order valence-electron chi connectivity index (χ0n) is 21.7. The molecule has 4 rings (SSSR count). The molecule has 1 aromatic heterocycles. The minimum Gasteiger partial charge on any atom is -0.481 e. The number of carboxylic acids is 1. The molecule has 1 heterocycles. The number of benzene rings is 3. The highest BCUT2D eigenvalue weighted by atomic mass is 16.6. The molecule has 0 saturated carbocycles. The number of carbonyl (C=O) groups excluding carboxylic acids is 1. The van der Waals surface area contributed by atoms with Crippen molar-refractivity contribution in [2.45, 2.75) is 45.9 Å². The highest BCUT2D eigenvalue weighted by Gasteiger charge is 2.18. The zero-order chi connectivity index (χ0) is 27.1. The van der Waals surface area contributed by atoms with E-state index >= 15 is 0 Å². The number of anilines is 2. The summed E-state index contributed by atoms with van der Waals surface area (Å²) >= 11 is 0. The van der Waals surface area contributed by atoms with Crippen molar-refractivity contribution in [2.75, 3.05) is 10.6 Å². The van der Waals surface area contributed by atoms with Gasteiger partial charge in [0.05, 0.1) is 11.6 Å². The Morgan fingerprint density at radius 1 is 0.947 bits per heavy atom. The number of hydrogen-bond acceptors (Lipinski definition) is 5. The molecule has 0 aliphatic rings. The highest BCUT2D eigenvalue weighted by Crippen LogP contribution is 2.29. The molecular weight excluding hydrogens is 480 g/mol. The first kappa shape index (κ1) is 26.5. The monoisotopic (exact) mass is 512 g/mol. The van der Waals surface area contributed by atoms with Crippen LogP contribution in [0.4, 0.5) is 16.2 Å². The van der Waals surface area contributed by atoms with Gasteiger partial charge >= 0.3 is 12.1 Å². The molecule has 1 amide bonds. The molecular formula is C30H32N4O4. The summed E-state index contributed by atoms with van der Waals surface area (Å²) in [5.74, 6) is -1.47. The summed E-state index contributed by atoms with van der Waals surface area (Å²) in [5, 5.41) is 20.2. The van der Waals surface area contributed by atoms with E-state index in [9.17, 15) is 14.7 Å². The molecule has 0 fully saturated rings. The maximum atomic E-state index is 12.7. The number of aryl methyl sites for hydroxylation is 1. The molecule has 0 aliphatic heterocycles. The number of nitrogens with one attached hydrogen (secondary N) is 2. The fourth-order valence-electron chi connectivity index (χ4n) is 4.13. The van der Waals surface area contributed by atoms with E-state index in [-0.39, 0.29) is 0 Å². The molecule has 38 heavy (non-hydrogen) atoms. The van der Waals surface area contributed by atoms with E-state index in [1.807, 2.05) is 92.7 Å². The molecule has 196 valence electrons. The third-order valence-electron chi connectivity index (χ3n) is 6.38. The van der Waals surface area contributed by atoms with E-state index in [1.165, 1.54) is 0 Å². The van der Waals surface area contributed by atoms with Crippen molar-refractivity contribution in [1.82, 2.24) is 9.78 Å². The average Bonchev–Trinajstić information content (AvgIpc) is 3.34. The molecule has 2 unspecified atom stereocenters. The molecule has 0 bridgehead atoms. The van der Waals surface area contributed by atoms with Gasteiger partial charge in [0.25, 0.3) is 0 Å². The summed E-state index contributed by atoms with van der Waals surface area (Å²) in [6.45, 7) is 6.67. The van der Waals surface area contributed by atoms with Gasteiger partial charge in [-0.25, -0.2) is 4.79 Å². The van der Waals surface area contributed by atoms with Crippen molar-refractivity contribution in [3.8, 4) is 11.3 Å². The highest BCUT2D eigenvalue weighted by molar-refractivity contribution is 5.90. The molecule has 0 aliphatic carbocycles. The molecule has 4 aromatic rings. The Kier molecular flexibility index (Phi) is 8.43. The molecule has 0 spiro atoms. The van der Waals surface area contributed by atoms with Crippen LogP contribution in [0.5, 0.6) is 0 Å². The van der Waals surface area contributed by atoms with Gasteiger partial charge in [0.1, 0.15) is 11.8 Å². The number of aromatic nitrogens is 2. The van der Waals surface area contributed by atoms with Crippen molar-refractivity contribution in [2.24, 2.45) is 0 Å². The van der Waals surface area contributed by atoms with Crippen LogP contribution >= 0.6 is 0 Å². The maximum absolute atomic E-state index is 12.7. The summed E-state index contributed by atoms with van der Waals surface area (Å²) in [6.07, 6.45) is 0.851. The number of hydrogen-bond donors (Lipinski definition) is 3. The van der Waals surface area contributed by atoms with Gasteiger partial charge in [0.15, 0.2) is 0 Å². The second-order valence-corrected chi connectivity index (χ2v) is 9.03. The van der Waals surface area contributed by atoms with E-state index in [0.29, 0.717) is 24.5 Å². The Balaban J connectivity index is 1.45. The SMILES string of the molecule is CCn1cc(NC(=O)OC(C)c2ccccc2)c(-c2ccc(CNc3ccccc3C(C)C(=O)O)cc2)n1. The van der Waals surface area contributed by atoms with E-state index in [0.717, 1.165) is 27.9 Å². The molecule has 3 aromatic carbocycles. The number of carboxylic acid groups (broad SMARTS) is 1. The van der Waals surface area contributed by atoms with E-state index < -0.39 is 24.1 Å². The summed E-state index contributed by atoms with van der Waals surface area (Å²) < 4.78 is 7.34. The zero-order valence-corrected chi connectivity index (χ0v) is 21.7. The van der Waals surface area contributed by atoms with Gasteiger partial charge in [0.2, 0.25) is 0 Å². The second kappa shape index (κ2) is 12.1. The lowest BCUT2D eigenvalue weighted by atomic mass is 9.99. The van der Waals surface area contributed by atoms with Crippen molar-refractivity contribution in [1.29, 1.82) is 0 Å². The molecule has 8 heteroatoms.